The lowest BCUT2D eigenvalue weighted by atomic mass is 9.51. The van der Waals surface area contributed by atoms with Crippen molar-refractivity contribution in [2.24, 2.45) is 0 Å². The van der Waals surface area contributed by atoms with E-state index < -0.39 is 0 Å². The molecule has 0 amide bonds. The first kappa shape index (κ1) is 28.1. The van der Waals surface area contributed by atoms with Crippen LogP contribution in [0.25, 0.3) is 60.3 Å². The summed E-state index contributed by atoms with van der Waals surface area (Å²) in [6.45, 7) is 4.49. The lowest BCUT2D eigenvalue weighted by Gasteiger charge is -2.32. The number of aryl methyl sites for hydroxylation is 3. The van der Waals surface area contributed by atoms with Crippen LogP contribution in [-0.2, 0) is 6.42 Å². The van der Waals surface area contributed by atoms with Crippen LogP contribution in [0.15, 0.2) is 133 Å². The summed E-state index contributed by atoms with van der Waals surface area (Å²) in [4.78, 5) is 0. The minimum Gasteiger partial charge on any atom is -0.355 e. The molecule has 1 N–H and O–H groups in total. The highest BCUT2D eigenvalue weighted by molar-refractivity contribution is 6.71. The van der Waals surface area contributed by atoms with Gasteiger partial charge in [0.2, 0.25) is 0 Å². The fraction of sp³-hybridized carbons (Fsp3) is 0.106. The first-order valence-corrected chi connectivity index (χ1v) is 18.0. The first-order valence-electron chi connectivity index (χ1n) is 18.0. The van der Waals surface area contributed by atoms with Crippen LogP contribution < -0.4 is 16.2 Å². The zero-order chi connectivity index (χ0) is 33.1. The molecule has 2 aromatic heterocycles. The minimum absolute atomic E-state index is 0.363. The van der Waals surface area contributed by atoms with Crippen molar-refractivity contribution in [1.82, 2.24) is 4.40 Å². The van der Waals surface area contributed by atoms with Gasteiger partial charge in [0.25, 0.3) is 0 Å². The smallest absolute Gasteiger partial charge is 0.193 e. The third-order valence-corrected chi connectivity index (χ3v) is 11.8. The van der Waals surface area contributed by atoms with Gasteiger partial charge in [0.15, 0.2) is 7.28 Å². The number of rotatable bonds is 3. The Morgan fingerprint density at radius 2 is 1.42 bits per heavy atom. The molecule has 236 valence electrons. The topological polar surface area (TPSA) is 16.4 Å². The predicted molar refractivity (Wildman–Crippen MR) is 214 cm³/mol. The van der Waals surface area contributed by atoms with E-state index in [-0.39, 0.29) is 0 Å². The van der Waals surface area contributed by atoms with Crippen LogP contribution in [-0.4, -0.2) is 11.7 Å². The number of fused-ring (bicyclic) bond motifs is 10. The van der Waals surface area contributed by atoms with Crippen LogP contribution in [0.5, 0.6) is 0 Å². The molecule has 3 heteroatoms. The van der Waals surface area contributed by atoms with E-state index in [1.807, 2.05) is 0 Å². The van der Waals surface area contributed by atoms with Crippen molar-refractivity contribution < 1.29 is 0 Å². The summed E-state index contributed by atoms with van der Waals surface area (Å²) in [5, 5.41) is 9.24. The van der Waals surface area contributed by atoms with E-state index >= 15 is 0 Å². The van der Waals surface area contributed by atoms with Crippen LogP contribution in [0.4, 0.5) is 11.4 Å². The molecule has 11 rings (SSSR count). The maximum absolute atomic E-state index is 3.96. The standard InChI is InChI=1S/C47H35BN2/c1-27-25-36-33-22-21-29-12-4-5-13-30(29)32-15-10-18-38(43(32)33)48-46(36)37(26-27)44-40(49-39-19-7-3-11-28(39)2)23-24-42-45(44)35-17-9-16-34-31-14-6-8-20-41(31)50(42)47(34)35/h3-20,23-26,33,48-49H,21-22H2,1-2H3. The molecule has 3 heterocycles. The molecule has 0 saturated carbocycles. The van der Waals surface area contributed by atoms with Crippen LogP contribution >= 0.6 is 0 Å². The molecule has 1 aliphatic carbocycles. The number of hydrogen-bond acceptors (Lipinski definition) is 1. The van der Waals surface area contributed by atoms with Gasteiger partial charge in [0.1, 0.15) is 0 Å². The lowest BCUT2D eigenvalue weighted by Crippen LogP contribution is -2.41. The highest BCUT2D eigenvalue weighted by Crippen LogP contribution is 2.48. The Morgan fingerprint density at radius 3 is 2.36 bits per heavy atom. The molecule has 9 aromatic rings. The Morgan fingerprint density at radius 1 is 0.640 bits per heavy atom. The Hall–Kier alpha value is -5.80. The van der Waals surface area contributed by atoms with E-state index in [1.165, 1.54) is 93.5 Å². The van der Waals surface area contributed by atoms with Gasteiger partial charge in [0, 0.05) is 44.4 Å². The van der Waals surface area contributed by atoms with Crippen LogP contribution in [0, 0.1) is 13.8 Å². The normalized spacial score (nSPS) is 14.8. The molecule has 0 radical (unpaired) electrons. The van der Waals surface area contributed by atoms with E-state index in [1.54, 1.807) is 5.56 Å². The molecule has 1 aliphatic heterocycles. The van der Waals surface area contributed by atoms with Crippen molar-refractivity contribution in [1.29, 1.82) is 0 Å². The summed E-state index contributed by atoms with van der Waals surface area (Å²) in [6.07, 6.45) is 2.21. The SMILES string of the molecule is Cc1cc(-c2c(Nc3ccccc3C)ccc3c2c2cccc4c5ccccc5n3c42)c2c(c1)C1CCc3ccccc3-c3cccc(c31)B2. The predicted octanol–water partition coefficient (Wildman–Crippen LogP) is 10.3. The van der Waals surface area contributed by atoms with Gasteiger partial charge in [-0.15, -0.1) is 0 Å². The molecule has 1 atom stereocenters. The van der Waals surface area contributed by atoms with Gasteiger partial charge in [-0.3, -0.25) is 0 Å². The van der Waals surface area contributed by atoms with Crippen molar-refractivity contribution in [3.63, 3.8) is 0 Å². The first-order chi connectivity index (χ1) is 24.6. The summed E-state index contributed by atoms with van der Waals surface area (Å²) < 4.78 is 2.52. The lowest BCUT2D eigenvalue weighted by molar-refractivity contribution is 0.729. The van der Waals surface area contributed by atoms with Crippen molar-refractivity contribution in [2.75, 3.05) is 5.32 Å². The van der Waals surface area contributed by atoms with E-state index in [9.17, 15) is 0 Å². The molecule has 7 aromatic carbocycles. The third kappa shape index (κ3) is 3.81. The molecule has 1 unspecified atom stereocenters. The number of aromatic nitrogens is 1. The number of benzene rings is 7. The second-order valence-electron chi connectivity index (χ2n) is 14.6. The maximum atomic E-state index is 3.96. The van der Waals surface area contributed by atoms with E-state index in [0.29, 0.717) is 5.92 Å². The Bertz CT molecular complexity index is 2860. The van der Waals surface area contributed by atoms with Gasteiger partial charge < -0.3 is 9.72 Å². The van der Waals surface area contributed by atoms with Crippen molar-refractivity contribution >= 4 is 67.7 Å². The van der Waals surface area contributed by atoms with E-state index in [4.69, 9.17) is 0 Å². The minimum atomic E-state index is 0.363. The Labute approximate surface area is 292 Å². The molecule has 2 nitrogen and oxygen atoms in total. The van der Waals surface area contributed by atoms with Gasteiger partial charge in [-0.1, -0.05) is 126 Å². The van der Waals surface area contributed by atoms with Gasteiger partial charge in [-0.05, 0) is 89.9 Å². The van der Waals surface area contributed by atoms with Gasteiger partial charge in [-0.2, -0.15) is 0 Å². The highest BCUT2D eigenvalue weighted by atomic mass is 14.9. The van der Waals surface area contributed by atoms with Gasteiger partial charge in [-0.25, -0.2) is 0 Å². The fourth-order valence-electron chi connectivity index (χ4n) is 9.70. The number of para-hydroxylation sites is 3. The van der Waals surface area contributed by atoms with Crippen molar-refractivity contribution in [3.05, 3.63) is 161 Å². The average molecular weight is 639 g/mol. The van der Waals surface area contributed by atoms with Gasteiger partial charge >= 0.3 is 0 Å². The van der Waals surface area contributed by atoms with E-state index in [2.05, 4.69) is 157 Å². The number of anilines is 2. The summed E-state index contributed by atoms with van der Waals surface area (Å²) >= 11 is 0. The average Bonchev–Trinajstić information content (AvgIpc) is 3.60. The molecular formula is C47H35BN2. The molecule has 0 saturated heterocycles. The molecule has 2 aliphatic rings. The molecule has 0 spiro atoms. The highest BCUT2D eigenvalue weighted by Gasteiger charge is 2.34. The summed E-state index contributed by atoms with van der Waals surface area (Å²) in [5.41, 5.74) is 21.7. The van der Waals surface area contributed by atoms with Crippen LogP contribution in [0.3, 0.4) is 0 Å². The van der Waals surface area contributed by atoms with E-state index in [0.717, 1.165) is 31.5 Å². The molecule has 50 heavy (non-hydrogen) atoms. The molecule has 0 fully saturated rings. The van der Waals surface area contributed by atoms with Crippen molar-refractivity contribution in [2.45, 2.75) is 32.6 Å². The zero-order valence-electron chi connectivity index (χ0n) is 28.3. The monoisotopic (exact) mass is 638 g/mol. The Balaban J connectivity index is 1.24. The second-order valence-corrected chi connectivity index (χ2v) is 14.6. The Kier molecular flexibility index (Phi) is 5.82. The van der Waals surface area contributed by atoms with Crippen molar-refractivity contribution in [3.8, 4) is 22.3 Å². The summed E-state index contributed by atoms with van der Waals surface area (Å²) in [7, 11) is 0.930. The number of hydrogen-bond donors (Lipinski definition) is 1. The summed E-state index contributed by atoms with van der Waals surface area (Å²) in [5.74, 6) is 0.363. The van der Waals surface area contributed by atoms with Crippen LogP contribution in [0.1, 0.15) is 40.2 Å². The third-order valence-electron chi connectivity index (χ3n) is 11.8. The maximum Gasteiger partial charge on any atom is 0.193 e. The molecular weight excluding hydrogens is 603 g/mol. The second kappa shape index (κ2) is 10.4. The summed E-state index contributed by atoms with van der Waals surface area (Å²) in [6, 6.07) is 50.2. The van der Waals surface area contributed by atoms with Crippen LogP contribution in [0.2, 0.25) is 0 Å². The molecule has 0 bridgehead atoms. The number of nitrogens with zero attached hydrogens (tertiary/aromatic N) is 1. The van der Waals surface area contributed by atoms with Gasteiger partial charge in [0.05, 0.1) is 16.6 Å². The number of nitrogens with one attached hydrogen (secondary N) is 1. The largest absolute Gasteiger partial charge is 0.355 e. The quantitative estimate of drug-likeness (QED) is 0.191. The fourth-order valence-corrected chi connectivity index (χ4v) is 9.70. The zero-order valence-corrected chi connectivity index (χ0v) is 28.3.